The lowest BCUT2D eigenvalue weighted by atomic mass is 10.1. The van der Waals surface area contributed by atoms with Gasteiger partial charge in [0.05, 0.1) is 26.4 Å². The summed E-state index contributed by atoms with van der Waals surface area (Å²) in [4.78, 5) is 37.9. The third kappa shape index (κ3) is 8.10. The molecule has 0 unspecified atom stereocenters. The van der Waals surface area contributed by atoms with Crippen LogP contribution in [0.3, 0.4) is 0 Å². The van der Waals surface area contributed by atoms with Gasteiger partial charge in [-0.15, -0.1) is 0 Å². The monoisotopic (exact) mass is 324 g/mol. The van der Waals surface area contributed by atoms with Gasteiger partial charge in [-0.2, -0.15) is 0 Å². The van der Waals surface area contributed by atoms with Gasteiger partial charge >= 0.3 is 0 Å². The molecule has 0 atom stereocenters. The minimum atomic E-state index is -0.328. The molecule has 1 rings (SSSR count). The fourth-order valence-electron chi connectivity index (χ4n) is 1.87. The molecule has 2 amide bonds. The zero-order chi connectivity index (χ0) is 16.9. The van der Waals surface area contributed by atoms with E-state index in [-0.39, 0.29) is 30.7 Å². The maximum Gasteiger partial charge on any atom is 0.253 e. The largest absolute Gasteiger partial charge is 0.379 e. The number of hydrogen-bond acceptors (Lipinski definition) is 6. The van der Waals surface area contributed by atoms with Crippen molar-refractivity contribution in [1.29, 1.82) is 0 Å². The highest BCUT2D eigenvalue weighted by Crippen LogP contribution is 2.06. The van der Waals surface area contributed by atoms with Crippen molar-refractivity contribution in [2.75, 3.05) is 39.5 Å². The van der Waals surface area contributed by atoms with Crippen LogP contribution in [0.25, 0.3) is 10.4 Å². The second-order valence-electron chi connectivity index (χ2n) is 4.73. The number of imide groups is 1. The molecular weight excluding hydrogens is 304 g/mol. The lowest BCUT2D eigenvalue weighted by Crippen LogP contribution is -2.31. The molecule has 9 heteroatoms. The summed E-state index contributed by atoms with van der Waals surface area (Å²) in [7, 11) is 0. The van der Waals surface area contributed by atoms with E-state index in [2.05, 4.69) is 10.0 Å². The highest BCUT2D eigenvalue weighted by atomic mass is 16.5. The second-order valence-corrected chi connectivity index (χ2v) is 4.73. The third-order valence-electron chi connectivity index (χ3n) is 3.03. The molecule has 126 valence electrons. The van der Waals surface area contributed by atoms with Crippen LogP contribution in [0.15, 0.2) is 17.3 Å². The average Bonchev–Trinajstić information content (AvgIpc) is 2.85. The molecule has 1 aliphatic heterocycles. The van der Waals surface area contributed by atoms with Gasteiger partial charge in [-0.25, -0.2) is 0 Å². The Bertz CT molecular complexity index is 481. The van der Waals surface area contributed by atoms with E-state index in [9.17, 15) is 14.4 Å². The number of azide groups is 1. The van der Waals surface area contributed by atoms with Gasteiger partial charge in [0, 0.05) is 43.0 Å². The lowest BCUT2D eigenvalue weighted by molar-refractivity contribution is -0.137. The van der Waals surface area contributed by atoms with Gasteiger partial charge in [-0.1, -0.05) is 5.11 Å². The van der Waals surface area contributed by atoms with Crippen molar-refractivity contribution in [2.24, 2.45) is 5.11 Å². The van der Waals surface area contributed by atoms with Gasteiger partial charge < -0.3 is 9.47 Å². The highest BCUT2D eigenvalue weighted by molar-refractivity contribution is 6.12. The fourth-order valence-corrected chi connectivity index (χ4v) is 1.87. The van der Waals surface area contributed by atoms with E-state index in [1.807, 2.05) is 0 Å². The minimum Gasteiger partial charge on any atom is -0.379 e. The van der Waals surface area contributed by atoms with Crippen LogP contribution in [-0.4, -0.2) is 62.0 Å². The molecule has 0 saturated heterocycles. The predicted molar refractivity (Wildman–Crippen MR) is 80.4 cm³/mol. The van der Waals surface area contributed by atoms with E-state index in [0.717, 1.165) is 4.90 Å². The molecule has 0 aromatic rings. The predicted octanol–water partition coefficient (Wildman–Crippen LogP) is 0.994. The second kappa shape index (κ2) is 11.4. The molecule has 0 N–H and O–H groups in total. The number of nitrogens with zero attached hydrogens (tertiary/aromatic N) is 4. The third-order valence-corrected chi connectivity index (χ3v) is 3.03. The van der Waals surface area contributed by atoms with Crippen LogP contribution in [-0.2, 0) is 23.9 Å². The number of Topliss-reactive ketones (excluding diaryl/α,β-unsaturated/α-hetero) is 1. The van der Waals surface area contributed by atoms with E-state index < -0.39 is 0 Å². The topological polar surface area (TPSA) is 122 Å². The van der Waals surface area contributed by atoms with Gasteiger partial charge in [0.25, 0.3) is 11.8 Å². The van der Waals surface area contributed by atoms with Crippen LogP contribution in [0.5, 0.6) is 0 Å². The van der Waals surface area contributed by atoms with E-state index in [1.54, 1.807) is 0 Å². The summed E-state index contributed by atoms with van der Waals surface area (Å²) in [5.74, 6) is -0.626. The van der Waals surface area contributed by atoms with E-state index in [1.165, 1.54) is 12.2 Å². The Morgan fingerprint density at radius 3 is 2.39 bits per heavy atom. The van der Waals surface area contributed by atoms with Gasteiger partial charge in [0.2, 0.25) is 0 Å². The van der Waals surface area contributed by atoms with Crippen LogP contribution in [0, 0.1) is 0 Å². The summed E-state index contributed by atoms with van der Waals surface area (Å²) >= 11 is 0. The van der Waals surface area contributed by atoms with Crippen molar-refractivity contribution >= 4 is 17.6 Å². The van der Waals surface area contributed by atoms with Gasteiger partial charge in [-0.3, -0.25) is 19.3 Å². The zero-order valence-corrected chi connectivity index (χ0v) is 12.8. The van der Waals surface area contributed by atoms with Crippen LogP contribution in [0.2, 0.25) is 0 Å². The molecule has 9 nitrogen and oxygen atoms in total. The minimum absolute atomic E-state index is 0.0290. The Morgan fingerprint density at radius 2 is 1.74 bits per heavy atom. The Hall–Kier alpha value is -2.22. The first-order valence-corrected chi connectivity index (χ1v) is 7.36. The molecule has 1 heterocycles. The number of hydrogen-bond donors (Lipinski definition) is 0. The number of ketones is 1. The number of ether oxygens (including phenoxy) is 2. The molecular formula is C14H20N4O5. The summed E-state index contributed by atoms with van der Waals surface area (Å²) in [5.41, 5.74) is 8.05. The molecule has 0 aromatic carbocycles. The fraction of sp³-hybridized carbons (Fsp3) is 0.643. The van der Waals surface area contributed by atoms with E-state index in [0.29, 0.717) is 45.7 Å². The van der Waals surface area contributed by atoms with Crippen LogP contribution < -0.4 is 0 Å². The van der Waals surface area contributed by atoms with Crippen molar-refractivity contribution in [1.82, 2.24) is 4.90 Å². The molecule has 0 aromatic heterocycles. The molecule has 0 fully saturated rings. The van der Waals surface area contributed by atoms with Crippen molar-refractivity contribution < 1.29 is 23.9 Å². The summed E-state index contributed by atoms with van der Waals surface area (Å²) in [6.45, 7) is 1.94. The van der Waals surface area contributed by atoms with Crippen LogP contribution >= 0.6 is 0 Å². The van der Waals surface area contributed by atoms with Crippen molar-refractivity contribution in [2.45, 2.75) is 19.3 Å². The Labute approximate surface area is 133 Å². The van der Waals surface area contributed by atoms with Gasteiger partial charge in [0.1, 0.15) is 5.78 Å². The first-order valence-electron chi connectivity index (χ1n) is 7.36. The van der Waals surface area contributed by atoms with Crippen molar-refractivity contribution in [3.05, 3.63) is 22.6 Å². The Balaban J connectivity index is 1.93. The van der Waals surface area contributed by atoms with Crippen molar-refractivity contribution in [3.8, 4) is 0 Å². The summed E-state index contributed by atoms with van der Waals surface area (Å²) in [6, 6.07) is 0. The first kappa shape index (κ1) is 18.8. The quantitative estimate of drug-likeness (QED) is 0.164. The smallest absolute Gasteiger partial charge is 0.253 e. The zero-order valence-electron chi connectivity index (χ0n) is 12.8. The standard InChI is InChI=1S/C14H20N4O5/c15-17-16-6-9-23-11-10-22-8-5-12(19)2-1-7-18-13(20)3-4-14(18)21/h3-4H,1-2,5-11H2. The summed E-state index contributed by atoms with van der Waals surface area (Å²) in [5, 5.41) is 3.32. The molecule has 1 aliphatic rings. The molecule has 0 aliphatic carbocycles. The summed E-state index contributed by atoms with van der Waals surface area (Å²) in [6.07, 6.45) is 3.52. The van der Waals surface area contributed by atoms with E-state index in [4.69, 9.17) is 15.0 Å². The SMILES string of the molecule is [N-]=[N+]=NCCOCCOCCC(=O)CCCN1C(=O)C=CC1=O. The summed E-state index contributed by atoms with van der Waals surface area (Å²) < 4.78 is 10.4. The van der Waals surface area contributed by atoms with Crippen LogP contribution in [0.4, 0.5) is 0 Å². The van der Waals surface area contributed by atoms with Crippen molar-refractivity contribution in [3.63, 3.8) is 0 Å². The first-order chi connectivity index (χ1) is 11.1. The molecule has 0 radical (unpaired) electrons. The number of rotatable bonds is 13. The maximum absolute atomic E-state index is 11.6. The van der Waals surface area contributed by atoms with Gasteiger partial charge in [-0.05, 0) is 12.0 Å². The maximum atomic E-state index is 11.6. The number of carbonyl (C=O) groups is 3. The average molecular weight is 324 g/mol. The Kier molecular flexibility index (Phi) is 9.30. The highest BCUT2D eigenvalue weighted by Gasteiger charge is 2.22. The molecule has 0 bridgehead atoms. The van der Waals surface area contributed by atoms with Crippen LogP contribution in [0.1, 0.15) is 19.3 Å². The number of carbonyl (C=O) groups excluding carboxylic acids is 3. The molecule has 0 spiro atoms. The molecule has 23 heavy (non-hydrogen) atoms. The number of amides is 2. The Morgan fingerprint density at radius 1 is 1.09 bits per heavy atom. The lowest BCUT2D eigenvalue weighted by Gasteiger charge is -2.12. The molecule has 0 saturated carbocycles. The van der Waals surface area contributed by atoms with E-state index >= 15 is 0 Å². The normalized spacial score (nSPS) is 13.5. The van der Waals surface area contributed by atoms with Gasteiger partial charge in [0.15, 0.2) is 0 Å².